The molecule has 2 rings (SSSR count). The highest BCUT2D eigenvalue weighted by Gasteiger charge is 2.03. The lowest BCUT2D eigenvalue weighted by atomic mass is 10.2. The van der Waals surface area contributed by atoms with Crippen molar-refractivity contribution >= 4 is 0 Å². The normalized spacial score (nSPS) is 10.2. The average molecular weight is 146 g/mol. The van der Waals surface area contributed by atoms with Crippen LogP contribution in [0.1, 0.15) is 0 Å². The van der Waals surface area contributed by atoms with E-state index in [-0.39, 0.29) is 5.63 Å². The lowest BCUT2D eigenvalue weighted by Crippen LogP contribution is -1.83. The van der Waals surface area contributed by atoms with Crippen molar-refractivity contribution in [3.8, 4) is 11.3 Å². The maximum Gasteiger partial charge on any atom is 0.336 e. The van der Waals surface area contributed by atoms with E-state index in [0.717, 1.165) is 5.56 Å². The molecule has 0 radical (unpaired) electrons. The average Bonchev–Trinajstić information content (AvgIpc) is 2.17. The van der Waals surface area contributed by atoms with E-state index in [2.05, 4.69) is 0 Å². The molecule has 0 fully saturated rings. The van der Waals surface area contributed by atoms with Crippen LogP contribution in [0, 0.1) is 0 Å². The molecule has 0 aromatic heterocycles. The smallest absolute Gasteiger partial charge is 0.336 e. The molecule has 2 aliphatic rings. The SMILES string of the molecule is O=c1cc2cccccc-2o1. The van der Waals surface area contributed by atoms with Crippen molar-refractivity contribution in [3.05, 3.63) is 46.8 Å². The number of hydrogen-bond acceptors (Lipinski definition) is 2. The molecule has 0 spiro atoms. The predicted molar refractivity (Wildman–Crippen MR) is 41.6 cm³/mol. The Labute approximate surface area is 63.4 Å². The summed E-state index contributed by atoms with van der Waals surface area (Å²) in [6.45, 7) is 0. The fourth-order valence-electron chi connectivity index (χ4n) is 1.02. The molecule has 54 valence electrons. The molecule has 0 atom stereocenters. The van der Waals surface area contributed by atoms with Gasteiger partial charge in [-0.15, -0.1) is 0 Å². The Bertz CT molecular complexity index is 355. The summed E-state index contributed by atoms with van der Waals surface area (Å²) >= 11 is 0. The highest BCUT2D eigenvalue weighted by molar-refractivity contribution is 5.57. The monoisotopic (exact) mass is 146 g/mol. The molecular formula is C9H6O2. The fourth-order valence-corrected chi connectivity index (χ4v) is 1.02. The molecule has 0 aromatic carbocycles. The minimum Gasteiger partial charge on any atom is -0.423 e. The van der Waals surface area contributed by atoms with E-state index in [1.165, 1.54) is 6.07 Å². The molecule has 0 amide bonds. The minimum absolute atomic E-state index is 0.286. The van der Waals surface area contributed by atoms with Gasteiger partial charge in [-0.2, -0.15) is 0 Å². The first-order valence-electron chi connectivity index (χ1n) is 3.35. The molecule has 1 aliphatic carbocycles. The summed E-state index contributed by atoms with van der Waals surface area (Å²) in [4.78, 5) is 10.7. The lowest BCUT2D eigenvalue weighted by molar-refractivity contribution is 0.545. The van der Waals surface area contributed by atoms with Crippen LogP contribution in [0.25, 0.3) is 11.3 Å². The molecule has 0 saturated heterocycles. The van der Waals surface area contributed by atoms with Crippen molar-refractivity contribution in [3.63, 3.8) is 0 Å². The van der Waals surface area contributed by atoms with Gasteiger partial charge in [0.25, 0.3) is 0 Å². The summed E-state index contributed by atoms with van der Waals surface area (Å²) in [5.74, 6) is 0.639. The Morgan fingerprint density at radius 3 is 2.82 bits per heavy atom. The largest absolute Gasteiger partial charge is 0.423 e. The Hall–Kier alpha value is -1.57. The van der Waals surface area contributed by atoms with Crippen LogP contribution in [-0.4, -0.2) is 0 Å². The van der Waals surface area contributed by atoms with Gasteiger partial charge in [0.1, 0.15) is 5.76 Å². The number of furan rings is 1. The van der Waals surface area contributed by atoms with E-state index in [1.54, 1.807) is 6.07 Å². The van der Waals surface area contributed by atoms with Crippen LogP contribution in [-0.2, 0) is 0 Å². The highest BCUT2D eigenvalue weighted by atomic mass is 16.4. The fraction of sp³-hybridized carbons (Fsp3) is 0. The van der Waals surface area contributed by atoms with Gasteiger partial charge in [0.15, 0.2) is 0 Å². The quantitative estimate of drug-likeness (QED) is 0.566. The summed E-state index contributed by atoms with van der Waals surface area (Å²) in [5.41, 5.74) is 0.561. The summed E-state index contributed by atoms with van der Waals surface area (Å²) in [7, 11) is 0. The first-order chi connectivity index (χ1) is 5.36. The Kier molecular flexibility index (Phi) is 1.25. The third-order valence-corrected chi connectivity index (χ3v) is 1.51. The van der Waals surface area contributed by atoms with Crippen molar-refractivity contribution in [2.45, 2.75) is 0 Å². The summed E-state index contributed by atoms with van der Waals surface area (Å²) in [5, 5.41) is 0. The molecule has 2 heteroatoms. The minimum atomic E-state index is -0.286. The van der Waals surface area contributed by atoms with Gasteiger partial charge in [0, 0.05) is 11.6 Å². The van der Waals surface area contributed by atoms with Crippen LogP contribution in [0.15, 0.2) is 45.6 Å². The number of fused-ring (bicyclic) bond motifs is 1. The zero-order chi connectivity index (χ0) is 7.68. The van der Waals surface area contributed by atoms with Crippen molar-refractivity contribution in [1.82, 2.24) is 0 Å². The van der Waals surface area contributed by atoms with Crippen molar-refractivity contribution < 1.29 is 4.42 Å². The van der Waals surface area contributed by atoms with Crippen LogP contribution >= 0.6 is 0 Å². The van der Waals surface area contributed by atoms with Crippen LogP contribution in [0.3, 0.4) is 0 Å². The molecule has 1 aliphatic heterocycles. The Morgan fingerprint density at radius 1 is 1.09 bits per heavy atom. The molecule has 0 aromatic rings. The number of rotatable bonds is 0. The van der Waals surface area contributed by atoms with Crippen molar-refractivity contribution in [1.29, 1.82) is 0 Å². The molecular weight excluding hydrogens is 140 g/mol. The lowest BCUT2D eigenvalue weighted by Gasteiger charge is -1.82. The van der Waals surface area contributed by atoms with Gasteiger partial charge < -0.3 is 4.42 Å². The second kappa shape index (κ2) is 2.23. The standard InChI is InChI=1S/C9H6O2/c10-9-6-7-4-2-1-3-5-8(7)11-9/h1-6H. The molecule has 0 N–H and O–H groups in total. The molecule has 1 heterocycles. The molecule has 0 bridgehead atoms. The highest BCUT2D eigenvalue weighted by Crippen LogP contribution is 2.16. The van der Waals surface area contributed by atoms with Gasteiger partial charge in [-0.3, -0.25) is 0 Å². The zero-order valence-electron chi connectivity index (χ0n) is 5.78. The summed E-state index contributed by atoms with van der Waals surface area (Å²) < 4.78 is 4.87. The Balaban J connectivity index is 2.83. The first kappa shape index (κ1) is 6.16. The molecule has 2 nitrogen and oxygen atoms in total. The molecule has 11 heavy (non-hydrogen) atoms. The second-order valence-electron chi connectivity index (χ2n) is 2.30. The van der Waals surface area contributed by atoms with Gasteiger partial charge in [-0.1, -0.05) is 24.3 Å². The van der Waals surface area contributed by atoms with Crippen LogP contribution in [0.2, 0.25) is 0 Å². The number of hydrogen-bond donors (Lipinski definition) is 0. The van der Waals surface area contributed by atoms with E-state index in [0.29, 0.717) is 5.76 Å². The first-order valence-corrected chi connectivity index (χ1v) is 3.35. The molecule has 0 unspecified atom stereocenters. The topological polar surface area (TPSA) is 30.2 Å². The van der Waals surface area contributed by atoms with Gasteiger partial charge in [-0.05, 0) is 6.07 Å². The maximum absolute atomic E-state index is 10.7. The van der Waals surface area contributed by atoms with Gasteiger partial charge in [-0.25, -0.2) is 4.79 Å². The van der Waals surface area contributed by atoms with E-state index in [4.69, 9.17) is 4.42 Å². The van der Waals surface area contributed by atoms with Crippen molar-refractivity contribution in [2.24, 2.45) is 0 Å². The van der Waals surface area contributed by atoms with Crippen molar-refractivity contribution in [2.75, 3.05) is 0 Å². The third kappa shape index (κ3) is 1.03. The second-order valence-corrected chi connectivity index (χ2v) is 2.30. The van der Waals surface area contributed by atoms with E-state index in [9.17, 15) is 4.79 Å². The predicted octanol–water partition coefficient (Wildman–Crippen LogP) is 1.74. The third-order valence-electron chi connectivity index (χ3n) is 1.51. The maximum atomic E-state index is 10.7. The van der Waals surface area contributed by atoms with Gasteiger partial charge in [0.2, 0.25) is 0 Å². The van der Waals surface area contributed by atoms with Gasteiger partial charge in [0.05, 0.1) is 0 Å². The van der Waals surface area contributed by atoms with E-state index in [1.807, 2.05) is 24.3 Å². The summed E-state index contributed by atoms with van der Waals surface area (Å²) in [6, 6.07) is 10.7. The zero-order valence-corrected chi connectivity index (χ0v) is 5.78. The van der Waals surface area contributed by atoms with Crippen LogP contribution in [0.5, 0.6) is 0 Å². The Morgan fingerprint density at radius 2 is 1.91 bits per heavy atom. The summed E-state index contributed by atoms with van der Waals surface area (Å²) in [6.07, 6.45) is 0. The molecule has 0 saturated carbocycles. The van der Waals surface area contributed by atoms with Crippen LogP contribution in [0.4, 0.5) is 0 Å². The van der Waals surface area contributed by atoms with E-state index >= 15 is 0 Å². The van der Waals surface area contributed by atoms with Gasteiger partial charge >= 0.3 is 5.63 Å². The van der Waals surface area contributed by atoms with Crippen LogP contribution < -0.4 is 5.63 Å². The van der Waals surface area contributed by atoms with E-state index < -0.39 is 0 Å².